The molecule has 27 heavy (non-hydrogen) atoms. The third-order valence-electron chi connectivity index (χ3n) is 3.99. The maximum atomic E-state index is 11.2. The number of rotatable bonds is 5. The van der Waals surface area contributed by atoms with Gasteiger partial charge in [-0.15, -0.1) is 0 Å². The van der Waals surface area contributed by atoms with Crippen LogP contribution in [-0.2, 0) is 5.41 Å². The number of hydrogen-bond acceptors (Lipinski definition) is 7. The smallest absolute Gasteiger partial charge is 0.301 e. The van der Waals surface area contributed by atoms with Crippen molar-refractivity contribution in [3.8, 4) is 5.75 Å². The predicted molar refractivity (Wildman–Crippen MR) is 102 cm³/mol. The van der Waals surface area contributed by atoms with Crippen LogP contribution in [0.1, 0.15) is 38.8 Å². The Morgan fingerprint density at radius 3 is 2.30 bits per heavy atom. The van der Waals surface area contributed by atoms with Gasteiger partial charge < -0.3 is 5.11 Å². The molecule has 2 aromatic carbocycles. The Morgan fingerprint density at radius 1 is 1.07 bits per heavy atom. The molecule has 0 bridgehead atoms. The Hall–Kier alpha value is -3.49. The fraction of sp³-hybridized carbons (Fsp3) is 0.278. The Kier molecular flexibility index (Phi) is 5.44. The van der Waals surface area contributed by atoms with Crippen molar-refractivity contribution in [2.45, 2.75) is 33.1 Å². The lowest BCUT2D eigenvalue weighted by molar-refractivity contribution is -0.393. The summed E-state index contributed by atoms with van der Waals surface area (Å²) in [5.41, 5.74) is 3.47. The second-order valence-electron chi connectivity index (χ2n) is 7.01. The van der Waals surface area contributed by atoms with Gasteiger partial charge in [-0.2, -0.15) is 5.10 Å². The van der Waals surface area contributed by atoms with E-state index < -0.39 is 15.5 Å². The van der Waals surface area contributed by atoms with Crippen LogP contribution in [0.3, 0.4) is 0 Å². The number of aromatic hydroxyl groups is 1. The average Bonchev–Trinajstić information content (AvgIpc) is 2.58. The molecule has 9 heteroatoms. The summed E-state index contributed by atoms with van der Waals surface area (Å²) < 4.78 is 0. The van der Waals surface area contributed by atoms with E-state index in [0.717, 1.165) is 17.7 Å². The number of nitrogens with zero attached hydrogens (tertiary/aromatic N) is 3. The lowest BCUT2D eigenvalue weighted by Crippen LogP contribution is -2.12. The van der Waals surface area contributed by atoms with Crippen molar-refractivity contribution in [3.05, 3.63) is 67.8 Å². The van der Waals surface area contributed by atoms with E-state index in [0.29, 0.717) is 11.3 Å². The minimum Gasteiger partial charge on any atom is -0.507 e. The van der Waals surface area contributed by atoms with Crippen LogP contribution in [0.2, 0.25) is 0 Å². The van der Waals surface area contributed by atoms with Crippen LogP contribution >= 0.6 is 0 Å². The van der Waals surface area contributed by atoms with E-state index in [-0.39, 0.29) is 22.5 Å². The number of nitro benzene ring substituents is 2. The molecule has 0 atom stereocenters. The molecule has 2 rings (SSSR count). The second-order valence-corrected chi connectivity index (χ2v) is 7.01. The van der Waals surface area contributed by atoms with Crippen LogP contribution < -0.4 is 5.43 Å². The zero-order valence-corrected chi connectivity index (χ0v) is 15.4. The first-order chi connectivity index (χ1) is 12.5. The Labute approximate surface area is 155 Å². The van der Waals surface area contributed by atoms with E-state index in [1.165, 1.54) is 6.07 Å². The van der Waals surface area contributed by atoms with Gasteiger partial charge in [0.05, 0.1) is 21.6 Å². The highest BCUT2D eigenvalue weighted by Crippen LogP contribution is 2.30. The molecule has 0 radical (unpaired) electrons. The van der Waals surface area contributed by atoms with Crippen LogP contribution in [-0.4, -0.2) is 20.7 Å². The molecule has 0 aliphatic carbocycles. The first-order valence-corrected chi connectivity index (χ1v) is 8.07. The number of hydrogen-bond donors (Lipinski definition) is 2. The van der Waals surface area contributed by atoms with Crippen LogP contribution in [0.5, 0.6) is 5.75 Å². The lowest BCUT2D eigenvalue weighted by Gasteiger charge is -2.20. The summed E-state index contributed by atoms with van der Waals surface area (Å²) in [5.74, 6) is 0.0317. The van der Waals surface area contributed by atoms with E-state index in [1.807, 2.05) is 26.8 Å². The number of benzene rings is 2. The van der Waals surface area contributed by atoms with E-state index in [1.54, 1.807) is 19.1 Å². The van der Waals surface area contributed by atoms with Crippen LogP contribution in [0, 0.1) is 20.2 Å². The standard InChI is InChI=1S/C18H20N4O5/c1-11(14-9-12(18(2,3)4)5-8-17(14)23)19-20-15-7-6-13(21(24)25)10-16(15)22(26)27/h5-10,20,23H,1-4H3/b19-11-. The van der Waals surface area contributed by atoms with Gasteiger partial charge in [-0.3, -0.25) is 25.7 Å². The minimum absolute atomic E-state index is 0.0106. The van der Waals surface area contributed by atoms with Gasteiger partial charge in [0.25, 0.3) is 5.69 Å². The molecule has 0 fully saturated rings. The number of nitro groups is 2. The van der Waals surface area contributed by atoms with Gasteiger partial charge in [0.15, 0.2) is 0 Å². The Morgan fingerprint density at radius 2 is 1.74 bits per heavy atom. The van der Waals surface area contributed by atoms with Gasteiger partial charge >= 0.3 is 5.69 Å². The topological polar surface area (TPSA) is 131 Å². The molecular weight excluding hydrogens is 352 g/mol. The first-order valence-electron chi connectivity index (χ1n) is 8.07. The number of non-ortho nitro benzene ring substituents is 1. The number of phenolic OH excluding ortho intramolecular Hbond substituents is 1. The van der Waals surface area contributed by atoms with Crippen LogP contribution in [0.15, 0.2) is 41.5 Å². The molecule has 0 amide bonds. The van der Waals surface area contributed by atoms with Crippen molar-refractivity contribution in [2.75, 3.05) is 5.43 Å². The minimum atomic E-state index is -0.724. The van der Waals surface area contributed by atoms with Crippen LogP contribution in [0.4, 0.5) is 17.1 Å². The molecule has 0 unspecified atom stereocenters. The summed E-state index contributed by atoms with van der Waals surface area (Å²) >= 11 is 0. The van der Waals surface area contributed by atoms with E-state index in [2.05, 4.69) is 10.5 Å². The molecule has 0 aliphatic rings. The SMILES string of the molecule is C/C(=N/Nc1ccc([N+](=O)[O-])cc1[N+](=O)[O-])c1cc(C(C)(C)C)ccc1O. The van der Waals surface area contributed by atoms with Gasteiger partial charge in [-0.05, 0) is 36.1 Å². The maximum absolute atomic E-state index is 11.2. The lowest BCUT2D eigenvalue weighted by atomic mass is 9.85. The van der Waals surface area contributed by atoms with Gasteiger partial charge in [0, 0.05) is 11.6 Å². The van der Waals surface area contributed by atoms with Gasteiger partial charge in [-0.1, -0.05) is 26.8 Å². The molecule has 0 aromatic heterocycles. The Bertz CT molecular complexity index is 932. The molecule has 0 saturated carbocycles. The molecule has 142 valence electrons. The molecule has 0 heterocycles. The van der Waals surface area contributed by atoms with Crippen molar-refractivity contribution in [1.82, 2.24) is 0 Å². The predicted octanol–water partition coefficient (Wildman–Crippen LogP) is 4.34. The normalized spacial score (nSPS) is 11.9. The van der Waals surface area contributed by atoms with Gasteiger partial charge in [0.2, 0.25) is 0 Å². The number of hydrazone groups is 1. The van der Waals surface area contributed by atoms with Crippen molar-refractivity contribution < 1.29 is 15.0 Å². The second kappa shape index (κ2) is 7.40. The van der Waals surface area contributed by atoms with E-state index in [4.69, 9.17) is 0 Å². The maximum Gasteiger partial charge on any atom is 0.301 e. The number of anilines is 1. The molecular formula is C18H20N4O5. The van der Waals surface area contributed by atoms with Crippen molar-refractivity contribution in [3.63, 3.8) is 0 Å². The Balaban J connectivity index is 2.38. The summed E-state index contributed by atoms with van der Waals surface area (Å²) in [6.07, 6.45) is 0. The third kappa shape index (κ3) is 4.57. The van der Waals surface area contributed by atoms with Gasteiger partial charge in [0.1, 0.15) is 11.4 Å². The van der Waals surface area contributed by atoms with E-state index >= 15 is 0 Å². The molecule has 0 aliphatic heterocycles. The fourth-order valence-corrected chi connectivity index (χ4v) is 2.38. The molecule has 0 saturated heterocycles. The summed E-state index contributed by atoms with van der Waals surface area (Å²) in [4.78, 5) is 20.5. The summed E-state index contributed by atoms with van der Waals surface area (Å²) in [6, 6.07) is 8.44. The summed E-state index contributed by atoms with van der Waals surface area (Å²) in [6.45, 7) is 7.75. The summed E-state index contributed by atoms with van der Waals surface area (Å²) in [7, 11) is 0. The molecule has 0 spiro atoms. The van der Waals surface area contributed by atoms with Crippen molar-refractivity contribution >= 4 is 22.8 Å². The highest BCUT2D eigenvalue weighted by Gasteiger charge is 2.20. The summed E-state index contributed by atoms with van der Waals surface area (Å²) in [5, 5.41) is 36.2. The van der Waals surface area contributed by atoms with E-state index in [9.17, 15) is 25.3 Å². The van der Waals surface area contributed by atoms with Crippen molar-refractivity contribution in [2.24, 2.45) is 5.10 Å². The first kappa shape index (κ1) is 19.8. The number of phenols is 1. The molecule has 9 nitrogen and oxygen atoms in total. The quantitative estimate of drug-likeness (QED) is 0.456. The number of nitrogens with one attached hydrogen (secondary N) is 1. The third-order valence-corrected chi connectivity index (χ3v) is 3.99. The molecule has 2 aromatic rings. The average molecular weight is 372 g/mol. The highest BCUT2D eigenvalue weighted by molar-refractivity contribution is 6.01. The molecule has 2 N–H and O–H groups in total. The zero-order valence-electron chi connectivity index (χ0n) is 15.4. The van der Waals surface area contributed by atoms with Gasteiger partial charge in [-0.25, -0.2) is 0 Å². The fourth-order valence-electron chi connectivity index (χ4n) is 2.38. The highest BCUT2D eigenvalue weighted by atomic mass is 16.6. The largest absolute Gasteiger partial charge is 0.507 e. The zero-order chi connectivity index (χ0) is 20.4. The monoisotopic (exact) mass is 372 g/mol. The van der Waals surface area contributed by atoms with Crippen LogP contribution in [0.25, 0.3) is 0 Å². The van der Waals surface area contributed by atoms with Crippen molar-refractivity contribution in [1.29, 1.82) is 0 Å².